The van der Waals surface area contributed by atoms with Gasteiger partial charge >= 0.3 is 0 Å². The van der Waals surface area contributed by atoms with Crippen molar-refractivity contribution < 1.29 is 9.21 Å². The van der Waals surface area contributed by atoms with E-state index in [9.17, 15) is 4.79 Å². The van der Waals surface area contributed by atoms with Gasteiger partial charge in [-0.1, -0.05) is 18.3 Å². The molecule has 1 aromatic carbocycles. The van der Waals surface area contributed by atoms with E-state index in [-0.39, 0.29) is 5.91 Å². The van der Waals surface area contributed by atoms with Crippen LogP contribution in [0.4, 0.5) is 10.8 Å². The van der Waals surface area contributed by atoms with Crippen molar-refractivity contribution in [1.29, 1.82) is 0 Å². The van der Waals surface area contributed by atoms with E-state index in [0.29, 0.717) is 10.9 Å². The summed E-state index contributed by atoms with van der Waals surface area (Å²) >= 11 is 1.41. The van der Waals surface area contributed by atoms with Crippen molar-refractivity contribution in [2.75, 3.05) is 24.1 Å². The number of thiazole rings is 1. The van der Waals surface area contributed by atoms with Gasteiger partial charge in [0.2, 0.25) is 0 Å². The Kier molecular flexibility index (Phi) is 4.88. The summed E-state index contributed by atoms with van der Waals surface area (Å²) in [5.41, 5.74) is 8.37. The molecule has 3 aromatic rings. The Morgan fingerprint density at radius 3 is 2.93 bits per heavy atom. The molecule has 0 bridgehead atoms. The lowest BCUT2D eigenvalue weighted by molar-refractivity contribution is 0.0991. The molecular weight excluding hydrogens is 360 g/mol. The summed E-state index contributed by atoms with van der Waals surface area (Å²) < 4.78 is 6.75. The van der Waals surface area contributed by atoms with E-state index in [4.69, 9.17) is 10.2 Å². The van der Waals surface area contributed by atoms with Crippen LogP contribution < -0.4 is 11.1 Å². The molecule has 7 heteroatoms. The number of aryl methyl sites for hydroxylation is 1. The summed E-state index contributed by atoms with van der Waals surface area (Å²) in [4.78, 5) is 19.3. The second-order valence-electron chi connectivity index (χ2n) is 7.37. The molecule has 3 N–H and O–H groups in total. The molecule has 1 aliphatic rings. The number of piperidine rings is 1. The average molecular weight is 385 g/mol. The number of benzene rings is 1. The number of anilines is 2. The van der Waals surface area contributed by atoms with Crippen LogP contribution in [0.5, 0.6) is 0 Å². The lowest BCUT2D eigenvalue weighted by Crippen LogP contribution is -2.32. The number of nitrogens with zero attached hydrogens (tertiary/aromatic N) is 2. The normalized spacial score (nSPS) is 16.1. The highest BCUT2D eigenvalue weighted by atomic mass is 32.1. The Bertz CT molecular complexity index is 970. The van der Waals surface area contributed by atoms with Crippen LogP contribution in [-0.4, -0.2) is 28.9 Å². The van der Waals surface area contributed by atoms with Gasteiger partial charge in [-0.25, -0.2) is 4.98 Å². The fourth-order valence-electron chi connectivity index (χ4n) is 3.50. The van der Waals surface area contributed by atoms with Gasteiger partial charge in [-0.3, -0.25) is 9.69 Å². The minimum absolute atomic E-state index is 0.246. The topological polar surface area (TPSA) is 84.4 Å². The van der Waals surface area contributed by atoms with Gasteiger partial charge in [0, 0.05) is 5.69 Å². The van der Waals surface area contributed by atoms with Crippen molar-refractivity contribution >= 4 is 38.3 Å². The molecule has 0 saturated carbocycles. The average Bonchev–Trinajstić information content (AvgIpc) is 3.23. The molecule has 1 aliphatic heterocycles. The molecule has 0 unspecified atom stereocenters. The van der Waals surface area contributed by atoms with E-state index < -0.39 is 0 Å². The van der Waals surface area contributed by atoms with Crippen molar-refractivity contribution in [1.82, 2.24) is 9.88 Å². The molecule has 3 heterocycles. The molecule has 0 spiro atoms. The summed E-state index contributed by atoms with van der Waals surface area (Å²) in [5.74, 6) is 1.71. The second-order valence-corrected chi connectivity index (χ2v) is 8.43. The summed E-state index contributed by atoms with van der Waals surface area (Å²) in [6.45, 7) is 7.18. The highest BCUT2D eigenvalue weighted by Crippen LogP contribution is 2.30. The molecule has 142 valence electrons. The van der Waals surface area contributed by atoms with Gasteiger partial charge in [-0.15, -0.1) is 0 Å². The first kappa shape index (κ1) is 18.0. The Morgan fingerprint density at radius 1 is 1.37 bits per heavy atom. The number of nitrogen functional groups attached to an aromatic ring is 1. The van der Waals surface area contributed by atoms with E-state index in [1.165, 1.54) is 24.2 Å². The van der Waals surface area contributed by atoms with Crippen LogP contribution in [0.25, 0.3) is 10.2 Å². The maximum atomic E-state index is 12.6. The third kappa shape index (κ3) is 3.99. The number of hydrogen-bond donors (Lipinski definition) is 2. The molecule has 4 rings (SSSR count). The fraction of sp³-hybridized carbons (Fsp3) is 0.400. The number of aromatic nitrogens is 1. The number of nitrogens with one attached hydrogen (secondary N) is 1. The molecule has 27 heavy (non-hydrogen) atoms. The zero-order valence-corrected chi connectivity index (χ0v) is 16.4. The van der Waals surface area contributed by atoms with Crippen molar-refractivity contribution in [2.24, 2.45) is 5.92 Å². The number of carbonyl (C=O) groups excluding carboxylic acids is 1. The number of hydrogen-bond acceptors (Lipinski definition) is 6. The Labute approximate surface area is 162 Å². The Hall–Kier alpha value is -2.38. The molecule has 6 nitrogen and oxygen atoms in total. The maximum Gasteiger partial charge on any atom is 0.291 e. The Morgan fingerprint density at radius 2 is 2.15 bits per heavy atom. The number of nitrogens with two attached hydrogens (primary N) is 1. The second kappa shape index (κ2) is 7.32. The van der Waals surface area contributed by atoms with Crippen molar-refractivity contribution in [3.8, 4) is 0 Å². The van der Waals surface area contributed by atoms with Gasteiger partial charge in [0.05, 0.1) is 16.8 Å². The molecule has 1 fully saturated rings. The molecule has 2 aromatic heterocycles. The van der Waals surface area contributed by atoms with Gasteiger partial charge < -0.3 is 15.5 Å². The number of fused-ring (bicyclic) bond motifs is 1. The highest BCUT2D eigenvalue weighted by molar-refractivity contribution is 7.22. The summed E-state index contributed by atoms with van der Waals surface area (Å²) in [5, 5.41) is 3.44. The number of rotatable bonds is 4. The van der Waals surface area contributed by atoms with Crippen LogP contribution in [0.15, 0.2) is 28.7 Å². The van der Waals surface area contributed by atoms with Gasteiger partial charge in [-0.2, -0.15) is 0 Å². The summed E-state index contributed by atoms with van der Waals surface area (Å²) in [6.07, 6.45) is 2.44. The predicted molar refractivity (Wildman–Crippen MR) is 109 cm³/mol. The fourth-order valence-corrected chi connectivity index (χ4v) is 4.36. The number of furan rings is 1. The first-order chi connectivity index (χ1) is 13.0. The van der Waals surface area contributed by atoms with Gasteiger partial charge in [-0.05, 0) is 68.6 Å². The number of amides is 1. The van der Waals surface area contributed by atoms with Crippen LogP contribution in [-0.2, 0) is 6.54 Å². The van der Waals surface area contributed by atoms with Crippen molar-refractivity contribution in [3.63, 3.8) is 0 Å². The lowest BCUT2D eigenvalue weighted by atomic mass is 9.99. The lowest BCUT2D eigenvalue weighted by Gasteiger charge is -2.29. The van der Waals surface area contributed by atoms with Gasteiger partial charge in [0.15, 0.2) is 10.9 Å². The van der Waals surface area contributed by atoms with Crippen molar-refractivity contribution in [2.45, 2.75) is 33.2 Å². The monoisotopic (exact) mass is 384 g/mol. The Balaban J connectivity index is 1.43. The third-order valence-corrected chi connectivity index (χ3v) is 5.93. The molecular formula is C20H24N4O2S. The van der Waals surface area contributed by atoms with Crippen LogP contribution >= 0.6 is 11.3 Å². The van der Waals surface area contributed by atoms with E-state index in [2.05, 4.69) is 22.1 Å². The SMILES string of the molecule is Cc1cc(NC(=O)c2ccc(CN3CCC(C)CC3)o2)cc2sc(N)nc12. The smallest absolute Gasteiger partial charge is 0.291 e. The minimum Gasteiger partial charge on any atom is -0.455 e. The molecule has 1 saturated heterocycles. The van der Waals surface area contributed by atoms with Crippen LogP contribution in [0.2, 0.25) is 0 Å². The van der Waals surface area contributed by atoms with Crippen LogP contribution in [0.3, 0.4) is 0 Å². The van der Waals surface area contributed by atoms with E-state index in [1.54, 1.807) is 6.07 Å². The highest BCUT2D eigenvalue weighted by Gasteiger charge is 2.18. The largest absolute Gasteiger partial charge is 0.455 e. The quantitative estimate of drug-likeness (QED) is 0.702. The summed E-state index contributed by atoms with van der Waals surface area (Å²) in [7, 11) is 0. The van der Waals surface area contributed by atoms with E-state index >= 15 is 0 Å². The van der Waals surface area contributed by atoms with Crippen LogP contribution in [0.1, 0.15) is 41.6 Å². The summed E-state index contributed by atoms with van der Waals surface area (Å²) in [6, 6.07) is 7.43. The van der Waals surface area contributed by atoms with Crippen molar-refractivity contribution in [3.05, 3.63) is 41.3 Å². The maximum absolute atomic E-state index is 12.6. The number of carbonyl (C=O) groups is 1. The first-order valence-corrected chi connectivity index (χ1v) is 10.1. The molecule has 0 radical (unpaired) electrons. The third-order valence-electron chi connectivity index (χ3n) is 5.10. The zero-order chi connectivity index (χ0) is 19.0. The van der Waals surface area contributed by atoms with E-state index in [0.717, 1.165) is 52.8 Å². The minimum atomic E-state index is -0.246. The number of likely N-dealkylation sites (tertiary alicyclic amines) is 1. The van der Waals surface area contributed by atoms with Gasteiger partial charge in [0.1, 0.15) is 5.76 Å². The molecule has 0 aliphatic carbocycles. The predicted octanol–water partition coefficient (Wildman–Crippen LogP) is 4.26. The van der Waals surface area contributed by atoms with Crippen LogP contribution in [0, 0.1) is 12.8 Å². The first-order valence-electron chi connectivity index (χ1n) is 9.27. The van der Waals surface area contributed by atoms with Gasteiger partial charge in [0.25, 0.3) is 5.91 Å². The molecule has 0 atom stereocenters. The zero-order valence-electron chi connectivity index (χ0n) is 15.6. The standard InChI is InChI=1S/C20H24N4O2S/c1-12-5-7-24(8-6-12)11-15-3-4-16(26-15)19(25)22-14-9-13(2)18-17(10-14)27-20(21)23-18/h3-4,9-10,12H,5-8,11H2,1-2H3,(H2,21,23)(H,22,25). The molecule has 1 amide bonds. The van der Waals surface area contributed by atoms with E-state index in [1.807, 2.05) is 25.1 Å².